The van der Waals surface area contributed by atoms with Crippen LogP contribution in [0.1, 0.15) is 11.1 Å². The molecule has 1 unspecified atom stereocenters. The number of alkyl halides is 3. The van der Waals surface area contributed by atoms with Crippen LogP contribution in [0.4, 0.5) is 18.0 Å². The summed E-state index contributed by atoms with van der Waals surface area (Å²) < 4.78 is 82.2. The van der Waals surface area contributed by atoms with Crippen LogP contribution in [0.25, 0.3) is 0 Å². The highest BCUT2D eigenvalue weighted by Crippen LogP contribution is 2.33. The molecule has 1 atom stereocenters. The summed E-state index contributed by atoms with van der Waals surface area (Å²) in [5, 5.41) is 9.10. The van der Waals surface area contributed by atoms with Crippen LogP contribution in [0.3, 0.4) is 0 Å². The average Bonchev–Trinajstić information content (AvgIpc) is 2.82. The van der Waals surface area contributed by atoms with Gasteiger partial charge in [-0.1, -0.05) is 23.7 Å². The van der Waals surface area contributed by atoms with Crippen molar-refractivity contribution < 1.29 is 45.7 Å². The molecule has 206 valence electrons. The monoisotopic (exact) mass is 587 g/mol. The van der Waals surface area contributed by atoms with E-state index in [0.717, 1.165) is 0 Å². The SMILES string of the molecule is COCCOc1ccc(CN(C(=O)O)S(=O)(=O)NCC(CSC)Oc2ncc(C(F)(F)F)cc2Cl)cc1. The summed E-state index contributed by atoms with van der Waals surface area (Å²) in [6.45, 7) is -0.204. The molecule has 2 rings (SSSR count). The van der Waals surface area contributed by atoms with Gasteiger partial charge in [0.2, 0.25) is 5.88 Å². The van der Waals surface area contributed by atoms with Crippen LogP contribution in [-0.4, -0.2) is 73.9 Å². The van der Waals surface area contributed by atoms with E-state index in [1.165, 1.54) is 31.0 Å². The molecule has 10 nitrogen and oxygen atoms in total. The molecule has 37 heavy (non-hydrogen) atoms. The zero-order valence-electron chi connectivity index (χ0n) is 19.7. The molecule has 0 bridgehead atoms. The van der Waals surface area contributed by atoms with Gasteiger partial charge in [-0.2, -0.15) is 42.4 Å². The van der Waals surface area contributed by atoms with Crippen LogP contribution in [-0.2, 0) is 27.7 Å². The molecule has 0 fully saturated rings. The van der Waals surface area contributed by atoms with Crippen LogP contribution in [0.15, 0.2) is 36.5 Å². The van der Waals surface area contributed by atoms with Gasteiger partial charge < -0.3 is 19.3 Å². The second kappa shape index (κ2) is 13.9. The van der Waals surface area contributed by atoms with Gasteiger partial charge in [0.15, 0.2) is 0 Å². The maximum absolute atomic E-state index is 12.8. The molecule has 1 amide bonds. The summed E-state index contributed by atoms with van der Waals surface area (Å²) in [7, 11) is -3.02. The molecule has 16 heteroatoms. The summed E-state index contributed by atoms with van der Waals surface area (Å²) in [5.74, 6) is 0.367. The van der Waals surface area contributed by atoms with Gasteiger partial charge in [-0.25, -0.2) is 9.78 Å². The lowest BCUT2D eigenvalue weighted by Gasteiger charge is -2.23. The van der Waals surface area contributed by atoms with E-state index in [0.29, 0.717) is 36.8 Å². The quantitative estimate of drug-likeness (QED) is 0.316. The Morgan fingerprint density at radius 2 is 1.95 bits per heavy atom. The Labute approximate surface area is 221 Å². The second-order valence-electron chi connectivity index (χ2n) is 7.33. The number of nitrogens with one attached hydrogen (secondary N) is 1. The Morgan fingerprint density at radius 3 is 2.49 bits per heavy atom. The minimum absolute atomic E-state index is 0.194. The summed E-state index contributed by atoms with van der Waals surface area (Å²) in [6.07, 6.45) is -5.06. The van der Waals surface area contributed by atoms with Gasteiger partial charge >= 0.3 is 22.5 Å². The van der Waals surface area contributed by atoms with E-state index in [-0.39, 0.29) is 15.9 Å². The third-order valence-electron chi connectivity index (χ3n) is 4.57. The Morgan fingerprint density at radius 1 is 1.27 bits per heavy atom. The topological polar surface area (TPSA) is 127 Å². The van der Waals surface area contributed by atoms with Gasteiger partial charge in [0.1, 0.15) is 23.5 Å². The van der Waals surface area contributed by atoms with Crippen LogP contribution >= 0.6 is 23.4 Å². The third-order valence-corrected chi connectivity index (χ3v) is 6.94. The van der Waals surface area contributed by atoms with Crippen LogP contribution in [0.5, 0.6) is 11.6 Å². The zero-order chi connectivity index (χ0) is 27.6. The van der Waals surface area contributed by atoms with E-state index >= 15 is 0 Å². The Hall–Kier alpha value is -2.46. The number of hydrogen-bond donors (Lipinski definition) is 2. The van der Waals surface area contributed by atoms with E-state index in [2.05, 4.69) is 9.71 Å². The van der Waals surface area contributed by atoms with Crippen molar-refractivity contribution in [2.75, 3.05) is 38.9 Å². The predicted octanol–water partition coefficient (Wildman–Crippen LogP) is 3.90. The van der Waals surface area contributed by atoms with Gasteiger partial charge in [-0.05, 0) is 30.0 Å². The first-order chi connectivity index (χ1) is 17.4. The molecule has 2 aromatic rings. The van der Waals surface area contributed by atoms with Crippen molar-refractivity contribution in [3.63, 3.8) is 0 Å². The summed E-state index contributed by atoms with van der Waals surface area (Å²) in [6, 6.07) is 6.81. The van der Waals surface area contributed by atoms with Crippen molar-refractivity contribution in [2.24, 2.45) is 0 Å². The van der Waals surface area contributed by atoms with E-state index < -0.39 is 52.3 Å². The van der Waals surface area contributed by atoms with Crippen LogP contribution in [0.2, 0.25) is 5.02 Å². The fraction of sp³-hybridized carbons (Fsp3) is 0.429. The molecular formula is C21H25ClF3N3O7S2. The number of benzene rings is 1. The molecule has 0 aliphatic rings. The minimum atomic E-state index is -4.65. The highest BCUT2D eigenvalue weighted by molar-refractivity contribution is 7.98. The number of hydrogen-bond acceptors (Lipinski definition) is 8. The van der Waals surface area contributed by atoms with Gasteiger partial charge in [-0.15, -0.1) is 0 Å². The number of rotatable bonds is 14. The maximum Gasteiger partial charge on any atom is 0.422 e. The van der Waals surface area contributed by atoms with Crippen molar-refractivity contribution in [3.05, 3.63) is 52.7 Å². The molecule has 0 spiro atoms. The maximum atomic E-state index is 12.8. The van der Waals surface area contributed by atoms with Crippen molar-refractivity contribution in [1.82, 2.24) is 14.0 Å². The van der Waals surface area contributed by atoms with E-state index in [4.69, 9.17) is 25.8 Å². The third kappa shape index (κ3) is 9.74. The fourth-order valence-electron chi connectivity index (χ4n) is 2.78. The largest absolute Gasteiger partial charge is 0.491 e. The second-order valence-corrected chi connectivity index (χ2v) is 10.3. The zero-order valence-corrected chi connectivity index (χ0v) is 22.1. The molecule has 0 aliphatic heterocycles. The summed E-state index contributed by atoms with van der Waals surface area (Å²) in [4.78, 5) is 15.3. The smallest absolute Gasteiger partial charge is 0.422 e. The Kier molecular flexibility index (Phi) is 11.6. The van der Waals surface area contributed by atoms with Gasteiger partial charge in [0.05, 0.1) is 25.3 Å². The number of pyridine rings is 1. The number of thioether (sulfide) groups is 1. The predicted molar refractivity (Wildman–Crippen MR) is 131 cm³/mol. The average molecular weight is 588 g/mol. The highest BCUT2D eigenvalue weighted by atomic mass is 35.5. The first kappa shape index (κ1) is 30.8. The Bertz CT molecular complexity index is 1140. The lowest BCUT2D eigenvalue weighted by molar-refractivity contribution is -0.137. The normalized spacial score (nSPS) is 12.7. The van der Waals surface area contributed by atoms with E-state index in [9.17, 15) is 31.5 Å². The molecule has 0 saturated heterocycles. The number of carboxylic acid groups (broad SMARTS) is 1. The number of halogens is 4. The first-order valence-electron chi connectivity index (χ1n) is 10.5. The highest BCUT2D eigenvalue weighted by Gasteiger charge is 2.32. The molecular weight excluding hydrogens is 563 g/mol. The standard InChI is InChI=1S/C21H25ClF3N3O7S2/c1-33-7-8-34-16-5-3-14(4-6-16)12-28(20(29)30)37(31,32)27-11-17(13-36-2)35-19-18(22)9-15(10-26-19)21(23,24)25/h3-6,9-10,17,27H,7-8,11-13H2,1-2H3,(H,29,30). The Balaban J connectivity index is 2.08. The lowest BCUT2D eigenvalue weighted by Crippen LogP contribution is -2.46. The number of aromatic nitrogens is 1. The number of ether oxygens (including phenoxy) is 3. The molecule has 0 aliphatic carbocycles. The van der Waals surface area contributed by atoms with Gasteiger partial charge in [0.25, 0.3) is 0 Å². The van der Waals surface area contributed by atoms with Crippen molar-refractivity contribution in [3.8, 4) is 11.6 Å². The molecule has 1 aromatic carbocycles. The number of carbonyl (C=O) groups is 1. The molecule has 0 radical (unpaired) electrons. The molecule has 2 N–H and O–H groups in total. The fourth-order valence-corrected chi connectivity index (χ4v) is 4.62. The number of methoxy groups -OCH3 is 1. The molecule has 0 saturated carbocycles. The van der Waals surface area contributed by atoms with Crippen LogP contribution in [0, 0.1) is 0 Å². The van der Waals surface area contributed by atoms with E-state index in [1.54, 1.807) is 18.4 Å². The van der Waals surface area contributed by atoms with Crippen LogP contribution < -0.4 is 14.2 Å². The van der Waals surface area contributed by atoms with Crippen molar-refractivity contribution >= 4 is 39.7 Å². The van der Waals surface area contributed by atoms with Gasteiger partial charge in [0, 0.05) is 19.1 Å². The summed E-state index contributed by atoms with van der Waals surface area (Å²) >= 11 is 7.12. The minimum Gasteiger partial charge on any atom is -0.491 e. The van der Waals surface area contributed by atoms with Gasteiger partial charge in [-0.3, -0.25) is 0 Å². The van der Waals surface area contributed by atoms with Crippen molar-refractivity contribution in [2.45, 2.75) is 18.8 Å². The number of nitrogens with zero attached hydrogens (tertiary/aromatic N) is 2. The first-order valence-corrected chi connectivity index (χ1v) is 13.7. The van der Waals surface area contributed by atoms with Crippen molar-refractivity contribution in [1.29, 1.82) is 0 Å². The number of amides is 1. The lowest BCUT2D eigenvalue weighted by atomic mass is 10.2. The van der Waals surface area contributed by atoms with E-state index in [1.807, 2.05) is 0 Å². The molecule has 1 heterocycles. The molecule has 1 aromatic heterocycles. The summed E-state index contributed by atoms with van der Waals surface area (Å²) in [5.41, 5.74) is -0.692.